The fourth-order valence-corrected chi connectivity index (χ4v) is 2.82. The lowest BCUT2D eigenvalue weighted by Gasteiger charge is -2.09. The molecule has 198 valence electrons. The van der Waals surface area contributed by atoms with Gasteiger partial charge in [-0.05, 0) is 0 Å². The third kappa shape index (κ3) is 26.0. The van der Waals surface area contributed by atoms with Crippen molar-refractivity contribution in [3.8, 4) is 0 Å². The van der Waals surface area contributed by atoms with E-state index in [1.54, 1.807) is 0 Å². The first-order valence-corrected chi connectivity index (χ1v) is 12.5. The molecule has 0 aromatic carbocycles. The summed E-state index contributed by atoms with van der Waals surface area (Å²) in [5, 5.41) is 17.0. The van der Waals surface area contributed by atoms with Crippen molar-refractivity contribution in [3.63, 3.8) is 0 Å². The molecule has 0 aromatic heterocycles. The third-order valence-corrected chi connectivity index (χ3v) is 4.62. The van der Waals surface area contributed by atoms with Crippen molar-refractivity contribution in [1.82, 2.24) is 26.6 Å². The maximum Gasteiger partial charge on any atom is 0.0701 e. The highest BCUT2D eigenvalue weighted by Crippen LogP contribution is 1.84. The fraction of sp³-hybridized carbons (Fsp3) is 1.00. The molecule has 1 rings (SSSR count). The molecule has 0 bridgehead atoms. The van der Waals surface area contributed by atoms with Crippen LogP contribution >= 0.6 is 0 Å². The van der Waals surface area contributed by atoms with Crippen LogP contribution in [0.4, 0.5) is 0 Å². The third-order valence-electron chi connectivity index (χ3n) is 4.62. The highest BCUT2D eigenvalue weighted by molar-refractivity contribution is 4.57. The van der Waals surface area contributed by atoms with Crippen LogP contribution in [0.2, 0.25) is 0 Å². The molecular weight excluding hydrogens is 430 g/mol. The van der Waals surface area contributed by atoms with Crippen LogP contribution < -0.4 is 26.6 Å². The lowest BCUT2D eigenvalue weighted by Crippen LogP contribution is -2.37. The number of hydrogen-bond acceptors (Lipinski definition) is 11. The molecule has 0 saturated carbocycles. The van der Waals surface area contributed by atoms with Gasteiger partial charge in [0.25, 0.3) is 0 Å². The molecule has 1 aliphatic heterocycles. The van der Waals surface area contributed by atoms with Crippen molar-refractivity contribution in [2.75, 3.05) is 145 Å². The van der Waals surface area contributed by atoms with Crippen LogP contribution in [0.1, 0.15) is 0 Å². The van der Waals surface area contributed by atoms with Crippen LogP contribution in [0.3, 0.4) is 0 Å². The summed E-state index contributed by atoms with van der Waals surface area (Å²) in [6.07, 6.45) is 0. The van der Waals surface area contributed by atoms with Crippen molar-refractivity contribution < 1.29 is 28.4 Å². The predicted octanol–water partition coefficient (Wildman–Crippen LogP) is -1.95. The Kier molecular flexibility index (Phi) is 25.8. The average molecular weight is 480 g/mol. The second-order valence-corrected chi connectivity index (χ2v) is 7.42. The molecule has 1 heterocycles. The Bertz CT molecular complexity index is 208. The minimum absolute atomic E-state index is 0.558. The number of nitrogens with one attached hydrogen (secondary N) is 5. The Morgan fingerprint density at radius 3 is 0.636 bits per heavy atom. The first-order chi connectivity index (χ1) is 16.5. The summed E-state index contributed by atoms with van der Waals surface area (Å²) in [6.45, 7) is 16.5. The van der Waals surface area contributed by atoms with Gasteiger partial charge in [-0.15, -0.1) is 0 Å². The highest BCUT2D eigenvalue weighted by Gasteiger charge is 1.95. The smallest absolute Gasteiger partial charge is 0.0701 e. The molecule has 1 fully saturated rings. The molecule has 0 amide bonds. The molecule has 0 aromatic rings. The molecule has 0 spiro atoms. The van der Waals surface area contributed by atoms with E-state index >= 15 is 0 Å². The van der Waals surface area contributed by atoms with E-state index in [-0.39, 0.29) is 0 Å². The van der Waals surface area contributed by atoms with Crippen LogP contribution in [0.25, 0.3) is 0 Å². The largest absolute Gasteiger partial charge is 0.378 e. The van der Waals surface area contributed by atoms with Crippen LogP contribution in [0.5, 0.6) is 0 Å². The number of hydrogen-bond donors (Lipinski definition) is 5. The van der Waals surface area contributed by atoms with E-state index in [1.807, 2.05) is 0 Å². The van der Waals surface area contributed by atoms with E-state index in [9.17, 15) is 0 Å². The topological polar surface area (TPSA) is 116 Å². The van der Waals surface area contributed by atoms with Gasteiger partial charge in [-0.1, -0.05) is 0 Å². The average Bonchev–Trinajstić information content (AvgIpc) is 2.83. The van der Waals surface area contributed by atoms with E-state index in [2.05, 4.69) is 26.6 Å². The van der Waals surface area contributed by atoms with Gasteiger partial charge < -0.3 is 55.0 Å². The summed E-state index contributed by atoms with van der Waals surface area (Å²) in [7, 11) is 0. The molecule has 11 nitrogen and oxygen atoms in total. The molecule has 5 N–H and O–H groups in total. The van der Waals surface area contributed by atoms with Gasteiger partial charge in [-0.2, -0.15) is 0 Å². The van der Waals surface area contributed by atoms with E-state index in [0.717, 1.165) is 65.4 Å². The number of ether oxygens (including phenoxy) is 6. The van der Waals surface area contributed by atoms with Crippen molar-refractivity contribution in [3.05, 3.63) is 0 Å². The molecule has 1 saturated heterocycles. The zero-order valence-electron chi connectivity index (χ0n) is 20.5. The Morgan fingerprint density at radius 2 is 0.394 bits per heavy atom. The van der Waals surface area contributed by atoms with E-state index in [0.29, 0.717) is 79.3 Å². The van der Waals surface area contributed by atoms with Gasteiger partial charge in [-0.3, -0.25) is 0 Å². The molecule has 0 aliphatic carbocycles. The summed E-state index contributed by atoms with van der Waals surface area (Å²) in [6, 6.07) is 0. The summed E-state index contributed by atoms with van der Waals surface area (Å²) < 4.78 is 33.0. The van der Waals surface area contributed by atoms with Gasteiger partial charge >= 0.3 is 0 Å². The van der Waals surface area contributed by atoms with Crippen LogP contribution in [0.15, 0.2) is 0 Å². The van der Waals surface area contributed by atoms with Gasteiger partial charge in [-0.25, -0.2) is 0 Å². The molecule has 11 heteroatoms. The summed E-state index contributed by atoms with van der Waals surface area (Å²) >= 11 is 0. The Balaban J connectivity index is 2.00. The first kappa shape index (κ1) is 30.6. The lowest BCUT2D eigenvalue weighted by atomic mass is 10.5. The number of rotatable bonds is 0. The fourth-order valence-electron chi connectivity index (χ4n) is 2.82. The van der Waals surface area contributed by atoms with Gasteiger partial charge in [0.05, 0.1) is 79.3 Å². The zero-order valence-corrected chi connectivity index (χ0v) is 20.5. The van der Waals surface area contributed by atoms with Gasteiger partial charge in [0.1, 0.15) is 0 Å². The normalized spacial score (nSPS) is 24.0. The Morgan fingerprint density at radius 1 is 0.212 bits per heavy atom. The summed E-state index contributed by atoms with van der Waals surface area (Å²) in [4.78, 5) is 0. The minimum atomic E-state index is 0.558. The Hall–Kier alpha value is -0.440. The standard InChI is InChI=1S/C22H49N5O6/c1-3-24-5-7-26-9-11-28-13-15-30-17-19-32-21-22-33-20-18-31-16-14-29-12-10-27-8-6-25-4-2-23-1/h23-27H,1-22H2. The monoisotopic (exact) mass is 479 g/mol. The van der Waals surface area contributed by atoms with Crippen molar-refractivity contribution in [1.29, 1.82) is 0 Å². The maximum absolute atomic E-state index is 5.54. The van der Waals surface area contributed by atoms with Gasteiger partial charge in [0.15, 0.2) is 0 Å². The van der Waals surface area contributed by atoms with Crippen molar-refractivity contribution in [2.45, 2.75) is 0 Å². The second-order valence-electron chi connectivity index (χ2n) is 7.42. The molecule has 1 aliphatic rings. The summed E-state index contributed by atoms with van der Waals surface area (Å²) in [5.74, 6) is 0. The van der Waals surface area contributed by atoms with Gasteiger partial charge in [0.2, 0.25) is 0 Å². The lowest BCUT2D eigenvalue weighted by molar-refractivity contribution is -0.0164. The van der Waals surface area contributed by atoms with E-state index < -0.39 is 0 Å². The van der Waals surface area contributed by atoms with Crippen LogP contribution in [0, 0.1) is 0 Å². The molecular formula is C22H49N5O6. The van der Waals surface area contributed by atoms with Crippen LogP contribution in [-0.2, 0) is 28.4 Å². The highest BCUT2D eigenvalue weighted by atomic mass is 16.6. The second kappa shape index (κ2) is 27.8. The molecule has 0 radical (unpaired) electrons. The van der Waals surface area contributed by atoms with Gasteiger partial charge in [0, 0.05) is 65.4 Å². The Labute approximate surface area is 200 Å². The van der Waals surface area contributed by atoms with Crippen LogP contribution in [-0.4, -0.2) is 145 Å². The first-order valence-electron chi connectivity index (χ1n) is 12.5. The minimum Gasteiger partial charge on any atom is -0.378 e. The predicted molar refractivity (Wildman–Crippen MR) is 129 cm³/mol. The molecule has 33 heavy (non-hydrogen) atoms. The molecule has 0 atom stereocenters. The van der Waals surface area contributed by atoms with Crippen molar-refractivity contribution in [2.24, 2.45) is 0 Å². The zero-order chi connectivity index (χ0) is 23.3. The van der Waals surface area contributed by atoms with E-state index in [4.69, 9.17) is 28.4 Å². The quantitative estimate of drug-likeness (QED) is 0.267. The SMILES string of the molecule is C1CNCCNCCOCCOCCOCCOCCOCCOCCNCCNCCN1. The van der Waals surface area contributed by atoms with Crippen molar-refractivity contribution >= 4 is 0 Å². The molecule has 0 unspecified atom stereocenters. The summed E-state index contributed by atoms with van der Waals surface area (Å²) in [5.41, 5.74) is 0. The van der Waals surface area contributed by atoms with E-state index in [1.165, 1.54) is 0 Å². The maximum atomic E-state index is 5.54.